The maximum absolute atomic E-state index is 12.7. The van der Waals surface area contributed by atoms with E-state index in [0.29, 0.717) is 19.7 Å². The summed E-state index contributed by atoms with van der Waals surface area (Å²) >= 11 is 0. The Morgan fingerprint density at radius 1 is 1.28 bits per heavy atom. The van der Waals surface area contributed by atoms with Crippen molar-refractivity contribution >= 4 is 11.9 Å². The van der Waals surface area contributed by atoms with Gasteiger partial charge in [0.25, 0.3) is 5.91 Å². The third-order valence-corrected chi connectivity index (χ3v) is 4.31. The van der Waals surface area contributed by atoms with Crippen molar-refractivity contribution in [3.05, 3.63) is 42.0 Å². The standard InChI is InChI=1S/C18H22N4O3/c1-3-25-18(24)14-5-4-10-21(11-14)17(23)16-19-12-22(20-16)15-8-6-13(2)7-9-15/h6-9,12,14H,3-5,10-11H2,1-2H3. The Hall–Kier alpha value is -2.70. The third-order valence-electron chi connectivity index (χ3n) is 4.31. The molecule has 0 aliphatic carbocycles. The lowest BCUT2D eigenvalue weighted by atomic mass is 9.98. The normalized spacial score (nSPS) is 17.4. The Morgan fingerprint density at radius 3 is 2.76 bits per heavy atom. The predicted octanol–water partition coefficient (Wildman–Crippen LogP) is 1.99. The zero-order valence-corrected chi connectivity index (χ0v) is 14.5. The van der Waals surface area contributed by atoms with E-state index in [0.717, 1.165) is 24.1 Å². The molecule has 1 aliphatic heterocycles. The minimum atomic E-state index is -0.267. The van der Waals surface area contributed by atoms with Crippen molar-refractivity contribution in [3.8, 4) is 5.69 Å². The molecule has 3 rings (SSSR count). The Labute approximate surface area is 146 Å². The zero-order valence-electron chi connectivity index (χ0n) is 14.5. The number of hydrogen-bond acceptors (Lipinski definition) is 5. The zero-order chi connectivity index (χ0) is 17.8. The topological polar surface area (TPSA) is 77.3 Å². The molecule has 1 saturated heterocycles. The van der Waals surface area contributed by atoms with Crippen LogP contribution < -0.4 is 0 Å². The number of esters is 1. The molecule has 1 atom stereocenters. The van der Waals surface area contributed by atoms with Crippen molar-refractivity contribution in [2.24, 2.45) is 5.92 Å². The number of amides is 1. The lowest BCUT2D eigenvalue weighted by Crippen LogP contribution is -2.43. The van der Waals surface area contributed by atoms with E-state index < -0.39 is 0 Å². The second-order valence-corrected chi connectivity index (χ2v) is 6.19. The molecule has 0 radical (unpaired) electrons. The first-order valence-electron chi connectivity index (χ1n) is 8.53. The molecule has 0 N–H and O–H groups in total. The molecule has 1 aromatic carbocycles. The van der Waals surface area contributed by atoms with E-state index in [1.54, 1.807) is 16.5 Å². The maximum atomic E-state index is 12.7. The van der Waals surface area contributed by atoms with Gasteiger partial charge >= 0.3 is 5.97 Å². The van der Waals surface area contributed by atoms with Crippen molar-refractivity contribution in [2.75, 3.05) is 19.7 Å². The quantitative estimate of drug-likeness (QED) is 0.794. The molecule has 1 aromatic heterocycles. The Morgan fingerprint density at radius 2 is 2.04 bits per heavy atom. The molecule has 7 nitrogen and oxygen atoms in total. The summed E-state index contributed by atoms with van der Waals surface area (Å²) in [7, 11) is 0. The van der Waals surface area contributed by atoms with Gasteiger partial charge in [-0.2, -0.15) is 0 Å². The number of carbonyl (C=O) groups is 2. The molecule has 0 saturated carbocycles. The van der Waals surface area contributed by atoms with E-state index in [1.807, 2.05) is 31.2 Å². The highest BCUT2D eigenvalue weighted by Gasteiger charge is 2.31. The van der Waals surface area contributed by atoms with Gasteiger partial charge in [0.05, 0.1) is 18.2 Å². The molecule has 0 spiro atoms. The summed E-state index contributed by atoms with van der Waals surface area (Å²) < 4.78 is 6.66. The largest absolute Gasteiger partial charge is 0.466 e. The van der Waals surface area contributed by atoms with Gasteiger partial charge in [-0.3, -0.25) is 9.59 Å². The maximum Gasteiger partial charge on any atom is 0.310 e. The highest BCUT2D eigenvalue weighted by Crippen LogP contribution is 2.19. The van der Waals surface area contributed by atoms with Gasteiger partial charge < -0.3 is 9.64 Å². The van der Waals surface area contributed by atoms with Crippen LogP contribution in [-0.2, 0) is 9.53 Å². The van der Waals surface area contributed by atoms with Crippen LogP contribution in [0.15, 0.2) is 30.6 Å². The molecule has 132 valence electrons. The summed E-state index contributed by atoms with van der Waals surface area (Å²) in [6.45, 7) is 5.11. The fraction of sp³-hybridized carbons (Fsp3) is 0.444. The van der Waals surface area contributed by atoms with Crippen molar-refractivity contribution in [2.45, 2.75) is 26.7 Å². The average molecular weight is 342 g/mol. The van der Waals surface area contributed by atoms with Crippen molar-refractivity contribution in [1.29, 1.82) is 0 Å². The molecule has 25 heavy (non-hydrogen) atoms. The van der Waals surface area contributed by atoms with Gasteiger partial charge in [-0.15, -0.1) is 5.10 Å². The molecule has 0 bridgehead atoms. The van der Waals surface area contributed by atoms with E-state index >= 15 is 0 Å². The van der Waals surface area contributed by atoms with Crippen LogP contribution in [0.2, 0.25) is 0 Å². The van der Waals surface area contributed by atoms with E-state index in [4.69, 9.17) is 4.74 Å². The van der Waals surface area contributed by atoms with Gasteiger partial charge in [0.2, 0.25) is 5.82 Å². The van der Waals surface area contributed by atoms with Crippen molar-refractivity contribution in [3.63, 3.8) is 0 Å². The molecular formula is C18H22N4O3. The summed E-state index contributed by atoms with van der Waals surface area (Å²) in [6, 6.07) is 7.81. The summed E-state index contributed by atoms with van der Waals surface area (Å²) in [5.74, 6) is -0.611. The van der Waals surface area contributed by atoms with Gasteiger partial charge in [-0.25, -0.2) is 9.67 Å². The van der Waals surface area contributed by atoms with Gasteiger partial charge in [0.15, 0.2) is 0 Å². The SMILES string of the molecule is CCOC(=O)C1CCCN(C(=O)c2ncn(-c3ccc(C)cc3)n2)C1. The van der Waals surface area contributed by atoms with Gasteiger partial charge in [0, 0.05) is 13.1 Å². The minimum Gasteiger partial charge on any atom is -0.466 e. The molecule has 1 aliphatic rings. The van der Waals surface area contributed by atoms with Crippen LogP contribution in [0.3, 0.4) is 0 Å². The average Bonchev–Trinajstić information content (AvgIpc) is 3.12. The molecular weight excluding hydrogens is 320 g/mol. The van der Waals surface area contributed by atoms with Gasteiger partial charge in [-0.05, 0) is 38.8 Å². The Kier molecular flexibility index (Phi) is 5.11. The smallest absolute Gasteiger partial charge is 0.310 e. The number of aryl methyl sites for hydroxylation is 1. The first kappa shape index (κ1) is 17.1. The van der Waals surface area contributed by atoms with Crippen LogP contribution in [-0.4, -0.2) is 51.2 Å². The minimum absolute atomic E-state index is 0.144. The molecule has 1 fully saturated rings. The molecule has 2 aromatic rings. The van der Waals surface area contributed by atoms with E-state index in [-0.39, 0.29) is 23.6 Å². The fourth-order valence-electron chi connectivity index (χ4n) is 2.94. The van der Waals surface area contributed by atoms with Crippen LogP contribution >= 0.6 is 0 Å². The molecule has 1 amide bonds. The highest BCUT2D eigenvalue weighted by atomic mass is 16.5. The van der Waals surface area contributed by atoms with Crippen LogP contribution in [0.5, 0.6) is 0 Å². The van der Waals surface area contributed by atoms with Crippen LogP contribution in [0.1, 0.15) is 35.9 Å². The fourth-order valence-corrected chi connectivity index (χ4v) is 2.94. The van der Waals surface area contributed by atoms with Gasteiger partial charge in [-0.1, -0.05) is 17.7 Å². The summed E-state index contributed by atoms with van der Waals surface area (Å²) in [4.78, 5) is 30.4. The lowest BCUT2D eigenvalue weighted by molar-refractivity contribution is -0.149. The second kappa shape index (κ2) is 7.46. The number of nitrogens with zero attached hydrogens (tertiary/aromatic N) is 4. The predicted molar refractivity (Wildman–Crippen MR) is 91.4 cm³/mol. The first-order chi connectivity index (χ1) is 12.1. The molecule has 1 unspecified atom stereocenters. The number of rotatable bonds is 4. The highest BCUT2D eigenvalue weighted by molar-refractivity contribution is 5.90. The van der Waals surface area contributed by atoms with Crippen LogP contribution in [0.25, 0.3) is 5.69 Å². The monoisotopic (exact) mass is 342 g/mol. The molecule has 7 heteroatoms. The Balaban J connectivity index is 1.70. The second-order valence-electron chi connectivity index (χ2n) is 6.19. The van der Waals surface area contributed by atoms with Crippen LogP contribution in [0, 0.1) is 12.8 Å². The summed E-state index contributed by atoms with van der Waals surface area (Å²) in [5, 5.41) is 4.29. The van der Waals surface area contributed by atoms with E-state index in [9.17, 15) is 9.59 Å². The number of piperidine rings is 1. The lowest BCUT2D eigenvalue weighted by Gasteiger charge is -2.30. The first-order valence-corrected chi connectivity index (χ1v) is 8.53. The summed E-state index contributed by atoms with van der Waals surface area (Å²) in [6.07, 6.45) is 3.05. The third kappa shape index (κ3) is 3.87. The van der Waals surface area contributed by atoms with Crippen LogP contribution in [0.4, 0.5) is 0 Å². The van der Waals surface area contributed by atoms with Gasteiger partial charge in [0.1, 0.15) is 6.33 Å². The summed E-state index contributed by atoms with van der Waals surface area (Å²) in [5.41, 5.74) is 2.00. The number of likely N-dealkylation sites (tertiary alicyclic amines) is 1. The molecule has 2 heterocycles. The number of aromatic nitrogens is 3. The van der Waals surface area contributed by atoms with E-state index in [1.165, 1.54) is 6.33 Å². The van der Waals surface area contributed by atoms with Crippen molar-refractivity contribution < 1.29 is 14.3 Å². The number of carbonyl (C=O) groups excluding carboxylic acids is 2. The number of ether oxygens (including phenoxy) is 1. The van der Waals surface area contributed by atoms with Crippen molar-refractivity contribution in [1.82, 2.24) is 19.7 Å². The van der Waals surface area contributed by atoms with E-state index in [2.05, 4.69) is 10.1 Å². The number of benzene rings is 1. The number of hydrogen-bond donors (Lipinski definition) is 0. The Bertz CT molecular complexity index is 754.